The van der Waals surface area contributed by atoms with Crippen molar-refractivity contribution < 1.29 is 9.59 Å². The summed E-state index contributed by atoms with van der Waals surface area (Å²) >= 11 is 0. The third-order valence-corrected chi connectivity index (χ3v) is 9.15. The van der Waals surface area contributed by atoms with E-state index in [9.17, 15) is 9.59 Å². The molecule has 2 bridgehead atoms. The number of piperidine rings is 3. The molecular weight excluding hydrogens is 422 g/mol. The van der Waals surface area contributed by atoms with Crippen LogP contribution in [0.1, 0.15) is 74.7 Å². The van der Waals surface area contributed by atoms with E-state index in [1.807, 2.05) is 29.2 Å². The fourth-order valence-electron chi connectivity index (χ4n) is 7.75. The summed E-state index contributed by atoms with van der Waals surface area (Å²) in [7, 11) is 0. The van der Waals surface area contributed by atoms with E-state index in [2.05, 4.69) is 29.7 Å². The van der Waals surface area contributed by atoms with Gasteiger partial charge in [0.15, 0.2) is 0 Å². The van der Waals surface area contributed by atoms with Gasteiger partial charge in [-0.1, -0.05) is 50.1 Å². The van der Waals surface area contributed by atoms with Gasteiger partial charge in [0.2, 0.25) is 5.91 Å². The van der Waals surface area contributed by atoms with E-state index >= 15 is 0 Å². The molecule has 0 aromatic heterocycles. The zero-order chi connectivity index (χ0) is 23.4. The molecule has 5 atom stereocenters. The molecule has 3 saturated heterocycles. The molecule has 1 aromatic rings. The third kappa shape index (κ3) is 3.71. The van der Waals surface area contributed by atoms with Crippen LogP contribution in [0.2, 0.25) is 0 Å². The van der Waals surface area contributed by atoms with Crippen LogP contribution in [0.3, 0.4) is 0 Å². The van der Waals surface area contributed by atoms with Crippen LogP contribution in [0.15, 0.2) is 35.9 Å². The Bertz CT molecular complexity index is 1000. The van der Waals surface area contributed by atoms with Crippen LogP contribution in [0.25, 0.3) is 0 Å². The molecule has 1 aliphatic carbocycles. The Labute approximate surface area is 204 Å². The minimum Gasteiger partial charge on any atom is -0.334 e. The van der Waals surface area contributed by atoms with Crippen molar-refractivity contribution in [2.24, 2.45) is 17.8 Å². The second-order valence-corrected chi connectivity index (χ2v) is 11.8. The average molecular weight is 462 g/mol. The molecule has 5 heteroatoms. The van der Waals surface area contributed by atoms with Crippen molar-refractivity contribution in [3.63, 3.8) is 0 Å². The lowest BCUT2D eigenvalue weighted by Crippen LogP contribution is -2.62. The molecule has 0 N–H and O–H groups in total. The predicted molar refractivity (Wildman–Crippen MR) is 133 cm³/mol. The molecule has 0 radical (unpaired) electrons. The first-order chi connectivity index (χ1) is 16.5. The maximum atomic E-state index is 14.3. The molecule has 0 saturated carbocycles. The Morgan fingerprint density at radius 2 is 1.97 bits per heavy atom. The number of hydrogen-bond acceptors (Lipinski definition) is 3. The van der Waals surface area contributed by atoms with E-state index in [1.165, 1.54) is 37.8 Å². The normalized spacial score (nSPS) is 31.6. The Morgan fingerprint density at radius 1 is 1.12 bits per heavy atom. The van der Waals surface area contributed by atoms with Crippen molar-refractivity contribution >= 4 is 11.8 Å². The number of carbonyl (C=O) groups is 2. The molecule has 1 aromatic carbocycles. The summed E-state index contributed by atoms with van der Waals surface area (Å²) in [5.74, 6) is 1.77. The predicted octanol–water partition coefficient (Wildman–Crippen LogP) is 4.48. The van der Waals surface area contributed by atoms with E-state index < -0.39 is 0 Å². The largest absolute Gasteiger partial charge is 0.334 e. The van der Waals surface area contributed by atoms with Gasteiger partial charge in [-0.25, -0.2) is 0 Å². The lowest BCUT2D eigenvalue weighted by Gasteiger charge is -2.55. The number of nitrogens with zero attached hydrogens (tertiary/aromatic N) is 3. The summed E-state index contributed by atoms with van der Waals surface area (Å²) in [6, 6.07) is 8.44. The van der Waals surface area contributed by atoms with Crippen LogP contribution in [-0.4, -0.2) is 64.3 Å². The molecule has 34 heavy (non-hydrogen) atoms. The quantitative estimate of drug-likeness (QED) is 0.621. The molecular formula is C29H39N3O2. The topological polar surface area (TPSA) is 43.9 Å². The highest BCUT2D eigenvalue weighted by atomic mass is 16.2. The molecule has 2 amide bonds. The minimum absolute atomic E-state index is 0.0277. The molecule has 182 valence electrons. The van der Waals surface area contributed by atoms with Crippen molar-refractivity contribution in [2.75, 3.05) is 19.6 Å². The van der Waals surface area contributed by atoms with Crippen molar-refractivity contribution in [3.05, 3.63) is 47.0 Å². The molecule has 5 nitrogen and oxygen atoms in total. The van der Waals surface area contributed by atoms with E-state index in [1.54, 1.807) is 0 Å². The second-order valence-electron chi connectivity index (χ2n) is 11.8. The first-order valence-electron chi connectivity index (χ1n) is 13.6. The van der Waals surface area contributed by atoms with Crippen LogP contribution >= 0.6 is 0 Å². The van der Waals surface area contributed by atoms with Crippen LogP contribution in [0, 0.1) is 17.8 Å². The standard InChI is InChI=1S/C29H39N3O2/c1-19(2)14-26(32-18-21-8-3-4-10-24(21)28(32)33)29(34)31-13-7-9-20-15-22-16-23(27(20)31)17-30-12-6-5-11-25(22)30/h3-4,8,10,15,19,22-23,25-27H,5-7,9,11-14,16-18H2,1-2H3. The van der Waals surface area contributed by atoms with Gasteiger partial charge in [-0.2, -0.15) is 0 Å². The summed E-state index contributed by atoms with van der Waals surface area (Å²) in [6.07, 6.45) is 10.7. The number of amides is 2. The number of carbonyl (C=O) groups excluding carboxylic acids is 2. The first kappa shape index (κ1) is 22.3. The van der Waals surface area contributed by atoms with Crippen LogP contribution in [0.4, 0.5) is 0 Å². The number of likely N-dealkylation sites (tertiary alicyclic amines) is 1. The number of benzene rings is 1. The summed E-state index contributed by atoms with van der Waals surface area (Å²) in [6.45, 7) is 8.07. The van der Waals surface area contributed by atoms with E-state index in [-0.39, 0.29) is 23.9 Å². The van der Waals surface area contributed by atoms with Gasteiger partial charge >= 0.3 is 0 Å². The van der Waals surface area contributed by atoms with Gasteiger partial charge < -0.3 is 9.80 Å². The zero-order valence-electron chi connectivity index (χ0n) is 20.8. The summed E-state index contributed by atoms with van der Waals surface area (Å²) in [5.41, 5.74) is 3.34. The second kappa shape index (κ2) is 8.82. The third-order valence-electron chi connectivity index (χ3n) is 9.15. The Hall–Kier alpha value is -2.14. The van der Waals surface area contributed by atoms with Crippen LogP contribution in [0.5, 0.6) is 0 Å². The Morgan fingerprint density at radius 3 is 2.79 bits per heavy atom. The van der Waals surface area contributed by atoms with E-state index in [0.29, 0.717) is 24.3 Å². The maximum absolute atomic E-state index is 14.3. The fraction of sp³-hybridized carbons (Fsp3) is 0.655. The summed E-state index contributed by atoms with van der Waals surface area (Å²) < 4.78 is 0. The van der Waals surface area contributed by atoms with Gasteiger partial charge in [0.05, 0.1) is 6.04 Å². The Balaban J connectivity index is 1.29. The highest BCUT2D eigenvalue weighted by Gasteiger charge is 2.48. The molecule has 4 heterocycles. The smallest absolute Gasteiger partial charge is 0.255 e. The highest BCUT2D eigenvalue weighted by molar-refractivity contribution is 6.01. The number of hydrogen-bond donors (Lipinski definition) is 0. The maximum Gasteiger partial charge on any atom is 0.255 e. The van der Waals surface area contributed by atoms with Crippen molar-refractivity contribution in [2.45, 2.75) is 83.5 Å². The molecule has 4 aliphatic heterocycles. The number of rotatable bonds is 4. The zero-order valence-corrected chi connectivity index (χ0v) is 20.8. The summed E-state index contributed by atoms with van der Waals surface area (Å²) in [4.78, 5) is 34.5. The lowest BCUT2D eigenvalue weighted by atomic mass is 9.68. The van der Waals surface area contributed by atoms with Gasteiger partial charge in [0, 0.05) is 31.2 Å². The van der Waals surface area contributed by atoms with Gasteiger partial charge in [0.25, 0.3) is 5.91 Å². The van der Waals surface area contributed by atoms with Crippen molar-refractivity contribution in [1.29, 1.82) is 0 Å². The summed E-state index contributed by atoms with van der Waals surface area (Å²) in [5, 5.41) is 0. The average Bonchev–Trinajstić information content (AvgIpc) is 3.18. The molecule has 6 rings (SSSR count). The van der Waals surface area contributed by atoms with Gasteiger partial charge in [-0.3, -0.25) is 14.5 Å². The van der Waals surface area contributed by atoms with Gasteiger partial charge in [-0.05, 0) is 74.5 Å². The van der Waals surface area contributed by atoms with Crippen LogP contribution < -0.4 is 0 Å². The van der Waals surface area contributed by atoms with E-state index in [4.69, 9.17) is 0 Å². The van der Waals surface area contributed by atoms with Crippen molar-refractivity contribution in [1.82, 2.24) is 14.7 Å². The van der Waals surface area contributed by atoms with E-state index in [0.717, 1.165) is 49.5 Å². The van der Waals surface area contributed by atoms with Crippen LogP contribution in [-0.2, 0) is 11.3 Å². The number of fused-ring (bicyclic) bond motifs is 7. The van der Waals surface area contributed by atoms with Gasteiger partial charge in [-0.15, -0.1) is 0 Å². The molecule has 5 aliphatic rings. The highest BCUT2D eigenvalue weighted by Crippen LogP contribution is 2.45. The molecule has 0 spiro atoms. The first-order valence-corrected chi connectivity index (χ1v) is 13.6. The van der Waals surface area contributed by atoms with Crippen molar-refractivity contribution in [3.8, 4) is 0 Å². The fourth-order valence-corrected chi connectivity index (χ4v) is 7.75. The minimum atomic E-state index is -0.372. The SMILES string of the molecule is CC(C)CC(C(=O)N1CCCC2=CC3CC(CN4CCCCC34)C21)N1Cc2ccccc2C1=O. The monoisotopic (exact) mass is 461 g/mol. The van der Waals surface area contributed by atoms with Gasteiger partial charge in [0.1, 0.15) is 6.04 Å². The Kier molecular flexibility index (Phi) is 5.79. The molecule has 5 unspecified atom stereocenters. The lowest BCUT2D eigenvalue weighted by molar-refractivity contribution is -0.142. The molecule has 3 fully saturated rings.